The van der Waals surface area contributed by atoms with Gasteiger partial charge in [-0.15, -0.1) is 0 Å². The summed E-state index contributed by atoms with van der Waals surface area (Å²) in [5.74, 6) is -0.665. The maximum Gasteiger partial charge on any atom is 0.436 e. The minimum atomic E-state index is -4.77. The van der Waals surface area contributed by atoms with E-state index < -0.39 is 24.2 Å². The quantitative estimate of drug-likeness (QED) is 0.709. The second-order valence-electron chi connectivity index (χ2n) is 3.32. The number of nitrogens with zero attached hydrogens (tertiary/aromatic N) is 1. The molecule has 1 aliphatic heterocycles. The lowest BCUT2D eigenvalue weighted by molar-refractivity contribution is -0.299. The molecule has 1 amide bonds. The second-order valence-corrected chi connectivity index (χ2v) is 3.32. The summed E-state index contributed by atoms with van der Waals surface area (Å²) in [5, 5.41) is 9.37. The molecule has 1 aliphatic rings. The summed E-state index contributed by atoms with van der Waals surface area (Å²) in [7, 11) is 0. The number of likely N-dealkylation sites (tertiary alicyclic amines) is 1. The van der Waals surface area contributed by atoms with Gasteiger partial charge in [-0.1, -0.05) is 6.92 Å². The Bertz CT molecular complexity index is 241. The summed E-state index contributed by atoms with van der Waals surface area (Å²) in [6, 6.07) is 0. The number of hydrogen-bond acceptors (Lipinski definition) is 2. The number of aliphatic hydroxyl groups is 1. The summed E-state index contributed by atoms with van der Waals surface area (Å²) >= 11 is 0. The van der Waals surface area contributed by atoms with Crippen LogP contribution in [0.4, 0.5) is 13.2 Å². The fourth-order valence-electron chi connectivity index (χ4n) is 1.62. The highest BCUT2D eigenvalue weighted by molar-refractivity contribution is 5.76. The number of rotatable bonds is 1. The molecule has 0 aromatic rings. The molecule has 1 fully saturated rings. The first kappa shape index (κ1) is 11.3. The van der Waals surface area contributed by atoms with Crippen LogP contribution in [0.15, 0.2) is 0 Å². The SMILES string of the molecule is CCC(=O)N1CCCC1(O)C(F)(F)F. The Morgan fingerprint density at radius 3 is 2.57 bits per heavy atom. The van der Waals surface area contributed by atoms with Crippen LogP contribution in [-0.4, -0.2) is 34.4 Å². The first-order chi connectivity index (χ1) is 6.33. The van der Waals surface area contributed by atoms with Gasteiger partial charge in [0, 0.05) is 19.4 Å². The largest absolute Gasteiger partial charge is 0.436 e. The molecular formula is C8H12F3NO2. The molecule has 1 unspecified atom stereocenters. The van der Waals surface area contributed by atoms with E-state index >= 15 is 0 Å². The molecule has 0 bridgehead atoms. The molecule has 0 saturated carbocycles. The molecule has 14 heavy (non-hydrogen) atoms. The van der Waals surface area contributed by atoms with Crippen LogP contribution in [-0.2, 0) is 4.79 Å². The first-order valence-corrected chi connectivity index (χ1v) is 4.42. The highest BCUT2D eigenvalue weighted by atomic mass is 19.4. The highest BCUT2D eigenvalue weighted by Gasteiger charge is 2.60. The Labute approximate surface area is 79.5 Å². The normalized spacial score (nSPS) is 28.2. The zero-order valence-electron chi connectivity index (χ0n) is 7.76. The molecule has 82 valence electrons. The van der Waals surface area contributed by atoms with Gasteiger partial charge in [-0.05, 0) is 6.42 Å². The van der Waals surface area contributed by atoms with Gasteiger partial charge in [-0.2, -0.15) is 13.2 Å². The standard InChI is InChI=1S/C8H12F3NO2/c1-2-6(13)12-5-3-4-7(12,14)8(9,10)11/h14H,2-5H2,1H3. The molecule has 1 rings (SSSR count). The molecule has 1 atom stereocenters. The van der Waals surface area contributed by atoms with E-state index in [2.05, 4.69) is 0 Å². The molecule has 0 spiro atoms. The Hall–Kier alpha value is -0.780. The minimum Gasteiger partial charge on any atom is -0.363 e. The number of carbonyl (C=O) groups excluding carboxylic acids is 1. The highest BCUT2D eigenvalue weighted by Crippen LogP contribution is 2.41. The van der Waals surface area contributed by atoms with Crippen LogP contribution < -0.4 is 0 Å². The number of halogens is 3. The van der Waals surface area contributed by atoms with Crippen molar-refractivity contribution in [2.75, 3.05) is 6.54 Å². The number of amides is 1. The van der Waals surface area contributed by atoms with Gasteiger partial charge in [0.15, 0.2) is 0 Å². The smallest absolute Gasteiger partial charge is 0.363 e. The van der Waals surface area contributed by atoms with Crippen LogP contribution in [0.5, 0.6) is 0 Å². The van der Waals surface area contributed by atoms with Crippen LogP contribution >= 0.6 is 0 Å². The van der Waals surface area contributed by atoms with Crippen LogP contribution in [0.25, 0.3) is 0 Å². The lowest BCUT2D eigenvalue weighted by Crippen LogP contribution is -2.57. The average molecular weight is 211 g/mol. The van der Waals surface area contributed by atoms with Gasteiger partial charge in [0.1, 0.15) is 0 Å². The molecule has 0 aromatic carbocycles. The molecule has 1 N–H and O–H groups in total. The van der Waals surface area contributed by atoms with E-state index in [0.717, 1.165) is 0 Å². The molecule has 1 heterocycles. The second kappa shape index (κ2) is 3.42. The van der Waals surface area contributed by atoms with Crippen molar-refractivity contribution in [3.8, 4) is 0 Å². The predicted octanol–water partition coefficient (Wildman–Crippen LogP) is 1.27. The summed E-state index contributed by atoms with van der Waals surface area (Å²) in [4.78, 5) is 11.7. The minimum absolute atomic E-state index is 0.0251. The van der Waals surface area contributed by atoms with Crippen molar-refractivity contribution < 1.29 is 23.1 Å². The van der Waals surface area contributed by atoms with Gasteiger partial charge < -0.3 is 10.0 Å². The predicted molar refractivity (Wildman–Crippen MR) is 42.2 cm³/mol. The van der Waals surface area contributed by atoms with Crippen LogP contribution in [0.3, 0.4) is 0 Å². The van der Waals surface area contributed by atoms with Crippen LogP contribution in [0.1, 0.15) is 26.2 Å². The lowest BCUT2D eigenvalue weighted by Gasteiger charge is -2.34. The topological polar surface area (TPSA) is 40.5 Å². The van der Waals surface area contributed by atoms with E-state index in [1.54, 1.807) is 0 Å². The van der Waals surface area contributed by atoms with Crippen molar-refractivity contribution in [1.82, 2.24) is 4.90 Å². The molecule has 0 aromatic heterocycles. The van der Waals surface area contributed by atoms with E-state index in [1.807, 2.05) is 0 Å². The third kappa shape index (κ3) is 1.58. The summed E-state index contributed by atoms with van der Waals surface area (Å²) in [5.41, 5.74) is -2.94. The van der Waals surface area contributed by atoms with Gasteiger partial charge in [-0.25, -0.2) is 0 Å². The summed E-state index contributed by atoms with van der Waals surface area (Å²) in [6.45, 7) is 1.44. The zero-order chi connectivity index (χ0) is 11.0. The Balaban J connectivity index is 2.92. The van der Waals surface area contributed by atoms with Crippen molar-refractivity contribution >= 4 is 5.91 Å². The first-order valence-electron chi connectivity index (χ1n) is 4.42. The van der Waals surface area contributed by atoms with Gasteiger partial charge >= 0.3 is 6.18 Å². The van der Waals surface area contributed by atoms with E-state index in [9.17, 15) is 23.1 Å². The van der Waals surface area contributed by atoms with Gasteiger partial charge in [0.25, 0.3) is 0 Å². The van der Waals surface area contributed by atoms with Crippen molar-refractivity contribution in [2.45, 2.75) is 38.1 Å². The monoisotopic (exact) mass is 211 g/mol. The average Bonchev–Trinajstić information content (AvgIpc) is 2.46. The van der Waals surface area contributed by atoms with Gasteiger partial charge in [0.2, 0.25) is 11.6 Å². The van der Waals surface area contributed by atoms with Crippen molar-refractivity contribution in [2.24, 2.45) is 0 Å². The Morgan fingerprint density at radius 1 is 1.57 bits per heavy atom. The fourth-order valence-corrected chi connectivity index (χ4v) is 1.62. The van der Waals surface area contributed by atoms with E-state index in [-0.39, 0.29) is 19.4 Å². The number of carbonyl (C=O) groups is 1. The lowest BCUT2D eigenvalue weighted by atomic mass is 10.1. The third-order valence-corrected chi connectivity index (χ3v) is 2.41. The molecular weight excluding hydrogens is 199 g/mol. The zero-order valence-corrected chi connectivity index (χ0v) is 7.76. The number of alkyl halides is 3. The van der Waals surface area contributed by atoms with Crippen LogP contribution in [0, 0.1) is 0 Å². The fraction of sp³-hybridized carbons (Fsp3) is 0.875. The number of hydrogen-bond donors (Lipinski definition) is 1. The maximum atomic E-state index is 12.4. The van der Waals surface area contributed by atoms with Crippen molar-refractivity contribution in [1.29, 1.82) is 0 Å². The maximum absolute atomic E-state index is 12.4. The van der Waals surface area contributed by atoms with E-state index in [4.69, 9.17) is 0 Å². The Morgan fingerprint density at radius 2 is 2.14 bits per heavy atom. The molecule has 1 saturated heterocycles. The molecule has 3 nitrogen and oxygen atoms in total. The molecule has 0 radical (unpaired) electrons. The molecule has 6 heteroatoms. The van der Waals surface area contributed by atoms with Crippen molar-refractivity contribution in [3.05, 3.63) is 0 Å². The Kier molecular flexibility index (Phi) is 2.76. The summed E-state index contributed by atoms with van der Waals surface area (Å²) < 4.78 is 37.3. The van der Waals surface area contributed by atoms with E-state index in [1.165, 1.54) is 6.92 Å². The van der Waals surface area contributed by atoms with E-state index in [0.29, 0.717) is 4.90 Å². The summed E-state index contributed by atoms with van der Waals surface area (Å²) in [6.07, 6.45) is -5.04. The van der Waals surface area contributed by atoms with Gasteiger partial charge in [-0.3, -0.25) is 4.79 Å². The molecule has 0 aliphatic carbocycles. The van der Waals surface area contributed by atoms with Crippen molar-refractivity contribution in [3.63, 3.8) is 0 Å². The van der Waals surface area contributed by atoms with Gasteiger partial charge in [0.05, 0.1) is 0 Å². The van der Waals surface area contributed by atoms with Crippen LogP contribution in [0.2, 0.25) is 0 Å². The third-order valence-electron chi connectivity index (χ3n) is 2.41.